The van der Waals surface area contributed by atoms with E-state index in [4.69, 9.17) is 4.74 Å². The fourth-order valence-corrected chi connectivity index (χ4v) is 2.24. The molecule has 0 spiro atoms. The number of pyridine rings is 1. The number of amides is 1. The molecule has 2 rings (SSSR count). The summed E-state index contributed by atoms with van der Waals surface area (Å²) in [5.41, 5.74) is 1.76. The summed E-state index contributed by atoms with van der Waals surface area (Å²) in [7, 11) is 0. The van der Waals surface area contributed by atoms with Crippen molar-refractivity contribution in [2.75, 3.05) is 13.2 Å². The van der Waals surface area contributed by atoms with Gasteiger partial charge in [0.1, 0.15) is 0 Å². The van der Waals surface area contributed by atoms with E-state index in [1.54, 1.807) is 18.3 Å². The Balaban J connectivity index is 1.63. The molecule has 0 unspecified atom stereocenters. The third-order valence-corrected chi connectivity index (χ3v) is 3.38. The summed E-state index contributed by atoms with van der Waals surface area (Å²) in [4.78, 5) is 27.0. The Morgan fingerprint density at radius 3 is 2.95 bits per heavy atom. The first-order valence-electron chi connectivity index (χ1n) is 7.27. The number of nitrogens with zero attached hydrogens (tertiary/aromatic N) is 1. The van der Waals surface area contributed by atoms with E-state index in [1.165, 1.54) is 24.6 Å². The maximum atomic E-state index is 11.6. The van der Waals surface area contributed by atoms with Crippen LogP contribution in [0, 0.1) is 0 Å². The van der Waals surface area contributed by atoms with E-state index in [1.807, 2.05) is 0 Å². The molecule has 0 aliphatic heterocycles. The van der Waals surface area contributed by atoms with Crippen molar-refractivity contribution in [3.63, 3.8) is 0 Å². The second kappa shape index (κ2) is 8.19. The SMILES string of the molecule is O=C(COC(=O)c1cccnc1)NCCC1=CCCCC1. The van der Waals surface area contributed by atoms with Crippen LogP contribution in [0.5, 0.6) is 0 Å². The lowest BCUT2D eigenvalue weighted by Crippen LogP contribution is -2.29. The Hall–Kier alpha value is -2.17. The summed E-state index contributed by atoms with van der Waals surface area (Å²) in [5.74, 6) is -0.808. The van der Waals surface area contributed by atoms with Crippen molar-refractivity contribution in [3.8, 4) is 0 Å². The number of rotatable bonds is 6. The zero-order valence-electron chi connectivity index (χ0n) is 12.0. The quantitative estimate of drug-likeness (QED) is 0.644. The van der Waals surface area contributed by atoms with E-state index >= 15 is 0 Å². The maximum Gasteiger partial charge on any atom is 0.340 e. The molecule has 0 atom stereocenters. The molecule has 0 aromatic carbocycles. The molecule has 0 saturated heterocycles. The molecule has 1 N–H and O–H groups in total. The molecule has 1 aliphatic rings. The molecule has 21 heavy (non-hydrogen) atoms. The van der Waals surface area contributed by atoms with E-state index in [0.29, 0.717) is 12.1 Å². The van der Waals surface area contributed by atoms with Crippen molar-refractivity contribution >= 4 is 11.9 Å². The number of nitrogens with one attached hydrogen (secondary N) is 1. The van der Waals surface area contributed by atoms with Crippen LogP contribution in [0.15, 0.2) is 36.2 Å². The smallest absolute Gasteiger partial charge is 0.340 e. The average molecular weight is 288 g/mol. The fourth-order valence-electron chi connectivity index (χ4n) is 2.24. The van der Waals surface area contributed by atoms with E-state index in [0.717, 1.165) is 19.3 Å². The maximum absolute atomic E-state index is 11.6. The predicted molar refractivity (Wildman–Crippen MR) is 78.7 cm³/mol. The van der Waals surface area contributed by atoms with Crippen molar-refractivity contribution in [2.45, 2.75) is 32.1 Å². The summed E-state index contributed by atoms with van der Waals surface area (Å²) < 4.78 is 4.93. The fraction of sp³-hybridized carbons (Fsp3) is 0.438. The van der Waals surface area contributed by atoms with Gasteiger partial charge in [-0.15, -0.1) is 0 Å². The number of carbonyl (C=O) groups is 2. The van der Waals surface area contributed by atoms with Crippen LogP contribution < -0.4 is 5.32 Å². The van der Waals surface area contributed by atoms with Crippen LogP contribution in [0.2, 0.25) is 0 Å². The largest absolute Gasteiger partial charge is 0.452 e. The van der Waals surface area contributed by atoms with Crippen molar-refractivity contribution in [3.05, 3.63) is 41.7 Å². The first-order chi connectivity index (χ1) is 10.3. The molecule has 1 amide bonds. The molecule has 1 aromatic rings. The molecule has 0 radical (unpaired) electrons. The molecule has 5 nitrogen and oxygen atoms in total. The summed E-state index contributed by atoms with van der Waals surface area (Å²) in [5, 5.41) is 2.76. The molecule has 0 bridgehead atoms. The monoisotopic (exact) mass is 288 g/mol. The highest BCUT2D eigenvalue weighted by Gasteiger charge is 2.10. The highest BCUT2D eigenvalue weighted by molar-refractivity contribution is 5.90. The summed E-state index contributed by atoms with van der Waals surface area (Å²) in [6.07, 6.45) is 10.9. The number of hydrogen-bond donors (Lipinski definition) is 1. The minimum absolute atomic E-state index is 0.257. The Morgan fingerprint density at radius 1 is 1.33 bits per heavy atom. The van der Waals surface area contributed by atoms with Gasteiger partial charge in [-0.05, 0) is 44.2 Å². The van der Waals surface area contributed by atoms with Crippen LogP contribution >= 0.6 is 0 Å². The Morgan fingerprint density at radius 2 is 2.24 bits per heavy atom. The number of ether oxygens (including phenoxy) is 1. The summed E-state index contributed by atoms with van der Waals surface area (Å²) in [6, 6.07) is 3.25. The lowest BCUT2D eigenvalue weighted by Gasteiger charge is -2.13. The van der Waals surface area contributed by atoms with Crippen LogP contribution in [-0.2, 0) is 9.53 Å². The molecule has 1 aliphatic carbocycles. The van der Waals surface area contributed by atoms with Gasteiger partial charge < -0.3 is 10.1 Å². The Bertz CT molecular complexity index is 512. The number of hydrogen-bond acceptors (Lipinski definition) is 4. The summed E-state index contributed by atoms with van der Waals surface area (Å²) in [6.45, 7) is 0.335. The lowest BCUT2D eigenvalue weighted by atomic mass is 9.97. The number of allylic oxidation sites excluding steroid dienone is 1. The van der Waals surface area contributed by atoms with E-state index < -0.39 is 5.97 Å². The first-order valence-corrected chi connectivity index (χ1v) is 7.27. The Kier molecular flexibility index (Phi) is 5.94. The first kappa shape index (κ1) is 15.2. The van der Waals surface area contributed by atoms with Crippen molar-refractivity contribution in [2.24, 2.45) is 0 Å². The van der Waals surface area contributed by atoms with Crippen molar-refractivity contribution in [1.29, 1.82) is 0 Å². The van der Waals surface area contributed by atoms with Crippen molar-refractivity contribution in [1.82, 2.24) is 10.3 Å². The van der Waals surface area contributed by atoms with Gasteiger partial charge in [-0.25, -0.2) is 4.79 Å². The summed E-state index contributed by atoms with van der Waals surface area (Å²) >= 11 is 0. The van der Waals surface area contributed by atoms with E-state index in [9.17, 15) is 9.59 Å². The highest BCUT2D eigenvalue weighted by atomic mass is 16.5. The normalized spacial score (nSPS) is 14.2. The van der Waals surface area contributed by atoms with Gasteiger partial charge in [-0.3, -0.25) is 9.78 Å². The molecule has 0 fully saturated rings. The van der Waals surface area contributed by atoms with Gasteiger partial charge in [0.15, 0.2) is 6.61 Å². The minimum Gasteiger partial charge on any atom is -0.452 e. The standard InChI is InChI=1S/C16H20N2O3/c19-15(18-10-8-13-5-2-1-3-6-13)12-21-16(20)14-7-4-9-17-11-14/h4-5,7,9,11H,1-3,6,8,10,12H2,(H,18,19). The second-order valence-electron chi connectivity index (χ2n) is 5.03. The van der Waals surface area contributed by atoms with Gasteiger partial charge in [-0.1, -0.05) is 11.6 Å². The molecule has 0 saturated carbocycles. The predicted octanol–water partition coefficient (Wildman–Crippen LogP) is 2.25. The number of esters is 1. The molecular weight excluding hydrogens is 268 g/mol. The van der Waals surface area contributed by atoms with Crippen LogP contribution in [-0.4, -0.2) is 30.0 Å². The molecule has 1 heterocycles. The van der Waals surface area contributed by atoms with Gasteiger partial charge in [0, 0.05) is 18.9 Å². The third-order valence-electron chi connectivity index (χ3n) is 3.38. The van der Waals surface area contributed by atoms with Gasteiger partial charge in [0.05, 0.1) is 5.56 Å². The Labute approximate surface area is 124 Å². The highest BCUT2D eigenvalue weighted by Crippen LogP contribution is 2.19. The van der Waals surface area contributed by atoms with Gasteiger partial charge in [-0.2, -0.15) is 0 Å². The van der Waals surface area contributed by atoms with E-state index in [-0.39, 0.29) is 12.5 Å². The van der Waals surface area contributed by atoms with Crippen LogP contribution in [0.25, 0.3) is 0 Å². The van der Waals surface area contributed by atoms with Crippen LogP contribution in [0.1, 0.15) is 42.5 Å². The topological polar surface area (TPSA) is 68.3 Å². The third kappa shape index (κ3) is 5.38. The second-order valence-corrected chi connectivity index (χ2v) is 5.03. The van der Waals surface area contributed by atoms with Gasteiger partial charge in [0.2, 0.25) is 0 Å². The molecule has 112 valence electrons. The zero-order valence-corrected chi connectivity index (χ0v) is 12.0. The zero-order chi connectivity index (χ0) is 14.9. The molecular formula is C16H20N2O3. The van der Waals surface area contributed by atoms with Crippen molar-refractivity contribution < 1.29 is 14.3 Å². The van der Waals surface area contributed by atoms with Gasteiger partial charge in [0.25, 0.3) is 5.91 Å². The number of carbonyl (C=O) groups excluding carboxylic acids is 2. The van der Waals surface area contributed by atoms with Crippen LogP contribution in [0.4, 0.5) is 0 Å². The average Bonchev–Trinajstić information content (AvgIpc) is 2.54. The van der Waals surface area contributed by atoms with E-state index in [2.05, 4.69) is 16.4 Å². The van der Waals surface area contributed by atoms with Gasteiger partial charge >= 0.3 is 5.97 Å². The minimum atomic E-state index is -0.534. The number of aromatic nitrogens is 1. The van der Waals surface area contributed by atoms with Crippen LogP contribution in [0.3, 0.4) is 0 Å². The lowest BCUT2D eigenvalue weighted by molar-refractivity contribution is -0.124. The molecule has 1 aromatic heterocycles. The molecule has 5 heteroatoms.